The van der Waals surface area contributed by atoms with Gasteiger partial charge in [0.25, 0.3) is 0 Å². The molecule has 5 rings (SSSR count). The molecule has 0 aromatic heterocycles. The Morgan fingerprint density at radius 1 is 1.03 bits per heavy atom. The van der Waals surface area contributed by atoms with Gasteiger partial charge in [0.15, 0.2) is 0 Å². The number of allylic oxidation sites excluding steroid dienone is 1. The summed E-state index contributed by atoms with van der Waals surface area (Å²) in [5, 5.41) is 11.3. The molecule has 1 unspecified atom stereocenters. The highest BCUT2D eigenvalue weighted by Crippen LogP contribution is 2.69. The van der Waals surface area contributed by atoms with Crippen molar-refractivity contribution in [3.63, 3.8) is 0 Å². The first-order valence-corrected chi connectivity index (χ1v) is 16.2. The summed E-state index contributed by atoms with van der Waals surface area (Å²) >= 11 is 0. The Labute approximate surface area is 206 Å². The van der Waals surface area contributed by atoms with Crippen molar-refractivity contribution in [1.82, 2.24) is 0 Å². The lowest BCUT2D eigenvalue weighted by Crippen LogP contribution is -2.54. The van der Waals surface area contributed by atoms with Crippen molar-refractivity contribution in [1.29, 1.82) is 0 Å². The zero-order valence-electron chi connectivity index (χ0n) is 21.4. The van der Waals surface area contributed by atoms with Crippen molar-refractivity contribution >= 4 is 21.6 Å². The molecule has 0 bridgehead atoms. The van der Waals surface area contributed by atoms with Crippen LogP contribution >= 0.6 is 21.6 Å². The molecule has 0 aromatic carbocycles. The van der Waals surface area contributed by atoms with E-state index in [1.807, 2.05) is 21.6 Å². The molecule has 0 radical (unpaired) electrons. The van der Waals surface area contributed by atoms with Crippen LogP contribution in [-0.4, -0.2) is 21.7 Å². The van der Waals surface area contributed by atoms with Crippen LogP contribution in [-0.2, 0) is 0 Å². The van der Waals surface area contributed by atoms with Gasteiger partial charge in [-0.2, -0.15) is 0 Å². The van der Waals surface area contributed by atoms with E-state index in [-0.39, 0.29) is 16.3 Å². The van der Waals surface area contributed by atoms with Crippen molar-refractivity contribution in [3.8, 4) is 0 Å². The molecule has 32 heavy (non-hydrogen) atoms. The quantitative estimate of drug-likeness (QED) is 0.317. The Kier molecular flexibility index (Phi) is 6.64. The first kappa shape index (κ1) is 24.1. The van der Waals surface area contributed by atoms with Crippen molar-refractivity contribution in [3.05, 3.63) is 11.6 Å². The lowest BCUT2D eigenvalue weighted by Gasteiger charge is -2.60. The topological polar surface area (TPSA) is 20.2 Å². The minimum Gasteiger partial charge on any atom is -0.391 e. The van der Waals surface area contributed by atoms with Crippen LogP contribution in [0.5, 0.6) is 0 Å². The third-order valence-electron chi connectivity index (χ3n) is 11.3. The molecule has 1 spiro atoms. The molecule has 0 amide bonds. The molecular formula is C29H48OS2. The first-order chi connectivity index (χ1) is 15.2. The summed E-state index contributed by atoms with van der Waals surface area (Å²) in [5.74, 6) is 6.52. The number of aliphatic hydroxyl groups excluding tert-OH is 1. The van der Waals surface area contributed by atoms with E-state index in [4.69, 9.17) is 0 Å². The minimum absolute atomic E-state index is 0.0272. The highest BCUT2D eigenvalue weighted by molar-refractivity contribution is 8.77. The van der Waals surface area contributed by atoms with E-state index in [0.717, 1.165) is 48.3 Å². The molecule has 0 aromatic rings. The summed E-state index contributed by atoms with van der Waals surface area (Å²) in [4.78, 5) is 0. The third kappa shape index (κ3) is 3.78. The smallest absolute Gasteiger partial charge is 0.0739 e. The number of hydrogen-bond acceptors (Lipinski definition) is 3. The predicted molar refractivity (Wildman–Crippen MR) is 142 cm³/mol. The Morgan fingerprint density at radius 2 is 1.84 bits per heavy atom. The van der Waals surface area contributed by atoms with Gasteiger partial charge in [-0.25, -0.2) is 0 Å². The van der Waals surface area contributed by atoms with Crippen LogP contribution in [0.25, 0.3) is 0 Å². The summed E-state index contributed by atoms with van der Waals surface area (Å²) in [6, 6.07) is 0. The lowest BCUT2D eigenvalue weighted by molar-refractivity contribution is -0.0728. The molecule has 3 heteroatoms. The van der Waals surface area contributed by atoms with Gasteiger partial charge in [0, 0.05) is 5.75 Å². The molecule has 3 saturated carbocycles. The fourth-order valence-electron chi connectivity index (χ4n) is 9.55. The Hall–Kier alpha value is 0.400. The maximum absolute atomic E-state index is 11.3. The number of rotatable bonds is 5. The Bertz CT molecular complexity index is 725. The average molecular weight is 477 g/mol. The standard InChI is InChI=1S/C29H48OS2/c1-19(2)7-6-8-20(3)23-11-12-24-22-10-9-21-17-29(15-16-31-32-29)26(30)18-28(21,5)25(22)13-14-27(23,24)4/h17,19-20,22-26,30H,6-16,18H2,1-5H3/t20-,22+,23-,24+,25+,26-,27-,28+,29?/m1/s1. The van der Waals surface area contributed by atoms with Crippen LogP contribution in [0.1, 0.15) is 105 Å². The summed E-state index contributed by atoms with van der Waals surface area (Å²) in [6.07, 6.45) is 17.4. The average Bonchev–Trinajstić information content (AvgIpc) is 3.34. The van der Waals surface area contributed by atoms with Gasteiger partial charge in [-0.05, 0) is 97.7 Å². The van der Waals surface area contributed by atoms with Gasteiger partial charge in [0.1, 0.15) is 0 Å². The highest BCUT2D eigenvalue weighted by Gasteiger charge is 2.61. The normalized spacial score (nSPS) is 49.0. The highest BCUT2D eigenvalue weighted by atomic mass is 33.1. The van der Waals surface area contributed by atoms with Crippen LogP contribution in [0, 0.1) is 46.3 Å². The predicted octanol–water partition coefficient (Wildman–Crippen LogP) is 8.52. The monoisotopic (exact) mass is 476 g/mol. The molecule has 1 nitrogen and oxygen atoms in total. The molecule has 1 N–H and O–H groups in total. The summed E-state index contributed by atoms with van der Waals surface area (Å²) < 4.78 is 0.0272. The van der Waals surface area contributed by atoms with E-state index in [9.17, 15) is 5.11 Å². The number of hydrogen-bond donors (Lipinski definition) is 1. The third-order valence-corrected chi connectivity index (χ3v) is 14.5. The van der Waals surface area contributed by atoms with Crippen LogP contribution in [0.15, 0.2) is 11.6 Å². The Balaban J connectivity index is 1.34. The second-order valence-corrected chi connectivity index (χ2v) is 16.1. The van der Waals surface area contributed by atoms with Crippen LogP contribution in [0.4, 0.5) is 0 Å². The van der Waals surface area contributed by atoms with Crippen LogP contribution < -0.4 is 0 Å². The van der Waals surface area contributed by atoms with E-state index >= 15 is 0 Å². The van der Waals surface area contributed by atoms with E-state index in [1.165, 1.54) is 63.5 Å². The lowest BCUT2D eigenvalue weighted by atomic mass is 9.45. The molecule has 5 aliphatic rings. The maximum Gasteiger partial charge on any atom is 0.0739 e. The summed E-state index contributed by atoms with van der Waals surface area (Å²) in [6.45, 7) is 12.6. The largest absolute Gasteiger partial charge is 0.391 e. The summed E-state index contributed by atoms with van der Waals surface area (Å²) in [7, 11) is 3.95. The zero-order valence-corrected chi connectivity index (χ0v) is 23.0. The van der Waals surface area contributed by atoms with Gasteiger partial charge < -0.3 is 5.11 Å². The fourth-order valence-corrected chi connectivity index (χ4v) is 12.9. The summed E-state index contributed by atoms with van der Waals surface area (Å²) in [5.41, 5.74) is 2.56. The number of aliphatic hydroxyl groups is 1. The van der Waals surface area contributed by atoms with Crippen molar-refractivity contribution in [2.45, 2.75) is 116 Å². The fraction of sp³-hybridized carbons (Fsp3) is 0.931. The molecule has 1 aliphatic heterocycles. The van der Waals surface area contributed by atoms with Gasteiger partial charge in [0.05, 0.1) is 10.9 Å². The van der Waals surface area contributed by atoms with Gasteiger partial charge in [0.2, 0.25) is 0 Å². The van der Waals surface area contributed by atoms with Crippen LogP contribution in [0.3, 0.4) is 0 Å². The van der Waals surface area contributed by atoms with Gasteiger partial charge in [-0.3, -0.25) is 0 Å². The second kappa shape index (κ2) is 8.81. The zero-order chi connectivity index (χ0) is 22.7. The van der Waals surface area contributed by atoms with E-state index in [1.54, 1.807) is 5.57 Å². The van der Waals surface area contributed by atoms with Gasteiger partial charge >= 0.3 is 0 Å². The SMILES string of the molecule is CC(C)CCC[C@@H](C)[C@H]1CC[C@H]2[C@@H]3CCC4=CC5(CCSS5)[C@H](O)C[C@]4(C)[C@H]3CC[C@]12C. The van der Waals surface area contributed by atoms with Crippen molar-refractivity contribution < 1.29 is 5.11 Å². The van der Waals surface area contributed by atoms with E-state index < -0.39 is 0 Å². The Morgan fingerprint density at radius 3 is 2.56 bits per heavy atom. The van der Waals surface area contributed by atoms with Crippen LogP contribution in [0.2, 0.25) is 0 Å². The molecule has 1 heterocycles. The molecule has 4 fully saturated rings. The first-order valence-electron chi connectivity index (χ1n) is 13.9. The molecule has 4 aliphatic carbocycles. The van der Waals surface area contributed by atoms with Crippen molar-refractivity contribution in [2.24, 2.45) is 46.3 Å². The van der Waals surface area contributed by atoms with Crippen molar-refractivity contribution in [2.75, 3.05) is 5.75 Å². The molecular weight excluding hydrogens is 428 g/mol. The van der Waals surface area contributed by atoms with E-state index in [2.05, 4.69) is 40.7 Å². The van der Waals surface area contributed by atoms with E-state index in [0.29, 0.717) is 5.41 Å². The van der Waals surface area contributed by atoms with Gasteiger partial charge in [-0.15, -0.1) is 0 Å². The number of fused-ring (bicyclic) bond motifs is 5. The van der Waals surface area contributed by atoms with Gasteiger partial charge in [-0.1, -0.05) is 87.1 Å². The minimum atomic E-state index is -0.152. The maximum atomic E-state index is 11.3. The molecule has 9 atom stereocenters. The molecule has 1 saturated heterocycles. The molecule has 182 valence electrons. The second-order valence-electron chi connectivity index (χ2n) is 13.4.